The van der Waals surface area contributed by atoms with Gasteiger partial charge in [-0.05, 0) is 44.9 Å². The van der Waals surface area contributed by atoms with Crippen LogP contribution in [0.15, 0.2) is 24.3 Å². The summed E-state index contributed by atoms with van der Waals surface area (Å²) in [7, 11) is 1.26. The minimum Gasteiger partial charge on any atom is -0.756 e. The van der Waals surface area contributed by atoms with Gasteiger partial charge in [0.15, 0.2) is 0 Å². The van der Waals surface area contributed by atoms with E-state index in [0.717, 1.165) is 38.5 Å². The van der Waals surface area contributed by atoms with Crippen LogP contribution >= 0.6 is 7.82 Å². The normalized spacial score (nSPS) is 14.4. The molecule has 0 spiro atoms. The molecule has 0 aliphatic rings. The maximum atomic E-state index is 12.9. The Morgan fingerprint density at radius 1 is 0.596 bits per heavy atom. The lowest BCUT2D eigenvalue weighted by Crippen LogP contribution is -2.45. The number of likely N-dealkylation sites (N-methyl/N-ethyl adjacent to an activating group) is 1. The fraction of sp³-hybridized carbons (Fsp3) is 0.896. The molecule has 57 heavy (non-hydrogen) atoms. The molecule has 2 N–H and O–H groups in total. The van der Waals surface area contributed by atoms with E-state index in [1.807, 2.05) is 27.2 Å². The van der Waals surface area contributed by atoms with E-state index in [-0.39, 0.29) is 19.1 Å². The highest BCUT2D eigenvalue weighted by molar-refractivity contribution is 7.45. The van der Waals surface area contributed by atoms with Gasteiger partial charge >= 0.3 is 0 Å². The molecule has 0 aliphatic carbocycles. The number of carbonyl (C=O) groups is 1. The predicted octanol–water partition coefficient (Wildman–Crippen LogP) is 13.1. The first-order valence-corrected chi connectivity index (χ1v) is 25.7. The second-order valence-corrected chi connectivity index (χ2v) is 19.2. The molecule has 0 rings (SSSR count). The number of phosphoric ester groups is 1. The number of phosphoric acid groups is 1. The molecule has 3 atom stereocenters. The van der Waals surface area contributed by atoms with Crippen molar-refractivity contribution < 1.29 is 32.9 Å². The molecule has 8 nitrogen and oxygen atoms in total. The molecule has 9 heteroatoms. The van der Waals surface area contributed by atoms with Crippen molar-refractivity contribution in [1.82, 2.24) is 5.32 Å². The molecule has 0 heterocycles. The van der Waals surface area contributed by atoms with Crippen molar-refractivity contribution in [3.63, 3.8) is 0 Å². The van der Waals surface area contributed by atoms with E-state index >= 15 is 0 Å². The van der Waals surface area contributed by atoms with Gasteiger partial charge in [0.1, 0.15) is 13.2 Å². The Bertz CT molecular complexity index is 984. The molecule has 0 aromatic carbocycles. The van der Waals surface area contributed by atoms with E-state index in [0.29, 0.717) is 17.4 Å². The Morgan fingerprint density at radius 3 is 1.37 bits per heavy atom. The SMILES string of the molecule is CCCCCCCC/C=C/CCCCCCCCCCCC(=O)N[C@@H](COP(=O)([O-])OCC[N+](C)(C)C)[C@H](O)/C=C/CCCCCCCCCCCCCCCC. The van der Waals surface area contributed by atoms with Crippen LogP contribution in [-0.2, 0) is 18.4 Å². The molecule has 1 unspecified atom stereocenters. The fourth-order valence-electron chi connectivity index (χ4n) is 7.03. The zero-order valence-electron chi connectivity index (χ0n) is 38.3. The van der Waals surface area contributed by atoms with Crippen LogP contribution in [0.4, 0.5) is 0 Å². The van der Waals surface area contributed by atoms with Gasteiger partial charge in [0, 0.05) is 6.42 Å². The van der Waals surface area contributed by atoms with Gasteiger partial charge in [0.25, 0.3) is 7.82 Å². The Balaban J connectivity index is 4.35. The van der Waals surface area contributed by atoms with Gasteiger partial charge < -0.3 is 28.8 Å². The zero-order chi connectivity index (χ0) is 42.1. The summed E-state index contributed by atoms with van der Waals surface area (Å²) in [6, 6.07) is -0.884. The fourth-order valence-corrected chi connectivity index (χ4v) is 7.75. The van der Waals surface area contributed by atoms with Gasteiger partial charge in [0.05, 0.1) is 39.9 Å². The Hall–Kier alpha value is -1.02. The molecule has 0 fully saturated rings. The number of allylic oxidation sites excluding steroid dienone is 3. The highest BCUT2D eigenvalue weighted by Gasteiger charge is 2.23. The van der Waals surface area contributed by atoms with Crippen molar-refractivity contribution in [2.75, 3.05) is 40.9 Å². The average Bonchev–Trinajstić information content (AvgIpc) is 3.16. The van der Waals surface area contributed by atoms with E-state index < -0.39 is 20.0 Å². The summed E-state index contributed by atoms with van der Waals surface area (Å²) in [5, 5.41) is 13.8. The number of nitrogens with zero attached hydrogens (tertiary/aromatic N) is 1. The lowest BCUT2D eigenvalue weighted by molar-refractivity contribution is -0.870. The summed E-state index contributed by atoms with van der Waals surface area (Å²) in [5.41, 5.74) is 0. The molecule has 0 aromatic rings. The number of carbonyl (C=O) groups excluding carboxylic acids is 1. The highest BCUT2D eigenvalue weighted by Crippen LogP contribution is 2.38. The Morgan fingerprint density at radius 2 is 0.965 bits per heavy atom. The van der Waals surface area contributed by atoms with Crippen molar-refractivity contribution in [3.05, 3.63) is 24.3 Å². The molecule has 0 radical (unpaired) electrons. The monoisotopic (exact) mass is 827 g/mol. The lowest BCUT2D eigenvalue weighted by Gasteiger charge is -2.29. The van der Waals surface area contributed by atoms with E-state index in [1.165, 1.54) is 167 Å². The van der Waals surface area contributed by atoms with Crippen LogP contribution < -0.4 is 10.2 Å². The molecule has 0 aliphatic heterocycles. The number of rotatable bonds is 44. The average molecular weight is 827 g/mol. The summed E-state index contributed by atoms with van der Waals surface area (Å²) < 4.78 is 23.2. The highest BCUT2D eigenvalue weighted by atomic mass is 31.2. The van der Waals surface area contributed by atoms with Gasteiger partial charge in [-0.15, -0.1) is 0 Å². The molecule has 338 valence electrons. The molecular formula is C48H95N2O6P. The quantitative estimate of drug-likeness (QED) is 0.0274. The minimum absolute atomic E-state index is 0.0000482. The minimum atomic E-state index is -4.59. The van der Waals surface area contributed by atoms with Gasteiger partial charge in [-0.2, -0.15) is 0 Å². The summed E-state index contributed by atoms with van der Waals surface area (Å²) in [5.74, 6) is -0.198. The largest absolute Gasteiger partial charge is 0.756 e. The Labute approximate surface area is 354 Å². The third-order valence-corrected chi connectivity index (χ3v) is 11.9. The number of aliphatic hydroxyl groups is 1. The van der Waals surface area contributed by atoms with E-state index in [1.54, 1.807) is 6.08 Å². The molecule has 0 saturated heterocycles. The molecule has 0 aromatic heterocycles. The number of unbranched alkanes of at least 4 members (excludes halogenated alkanes) is 29. The molecule has 0 bridgehead atoms. The summed E-state index contributed by atoms with van der Waals surface area (Å²) >= 11 is 0. The lowest BCUT2D eigenvalue weighted by atomic mass is 10.0. The van der Waals surface area contributed by atoms with Crippen LogP contribution in [-0.4, -0.2) is 68.5 Å². The predicted molar refractivity (Wildman–Crippen MR) is 242 cm³/mol. The van der Waals surface area contributed by atoms with Crippen molar-refractivity contribution >= 4 is 13.7 Å². The first-order chi connectivity index (χ1) is 27.5. The first kappa shape index (κ1) is 56.0. The van der Waals surface area contributed by atoms with E-state index in [9.17, 15) is 19.4 Å². The van der Waals surface area contributed by atoms with Crippen LogP contribution in [0.5, 0.6) is 0 Å². The summed E-state index contributed by atoms with van der Waals surface area (Å²) in [6.07, 6.45) is 47.9. The summed E-state index contributed by atoms with van der Waals surface area (Å²) in [6.45, 7) is 4.66. The standard InChI is InChI=1S/C48H95N2O6P/c1-6-8-10-12-14-16-18-20-22-24-25-26-28-30-32-34-36-38-40-42-48(52)49-46(45-56-57(53,54)55-44-43-50(3,4)5)47(51)41-39-37-35-33-31-29-27-23-21-19-17-15-13-11-9-7-2/h20,22,39,41,46-47,51H,6-19,21,23-38,40,42-45H2,1-5H3,(H-,49,52,53,54)/b22-20+,41-39+/t46-,47+/m0/s1. The number of quaternary nitrogens is 1. The van der Waals surface area contributed by atoms with Crippen LogP contribution in [0.3, 0.4) is 0 Å². The third kappa shape index (κ3) is 42.9. The van der Waals surface area contributed by atoms with Gasteiger partial charge in [-0.3, -0.25) is 9.36 Å². The number of amides is 1. The third-order valence-electron chi connectivity index (χ3n) is 10.9. The van der Waals surface area contributed by atoms with Crippen molar-refractivity contribution in [3.8, 4) is 0 Å². The number of nitrogens with one attached hydrogen (secondary N) is 1. The van der Waals surface area contributed by atoms with Crippen molar-refractivity contribution in [2.45, 2.75) is 238 Å². The van der Waals surface area contributed by atoms with Gasteiger partial charge in [-0.1, -0.05) is 199 Å². The second kappa shape index (κ2) is 40.4. The maximum Gasteiger partial charge on any atom is 0.268 e. The van der Waals surface area contributed by atoms with E-state index in [4.69, 9.17) is 9.05 Å². The summed E-state index contributed by atoms with van der Waals surface area (Å²) in [4.78, 5) is 25.4. The molecule has 1 amide bonds. The van der Waals surface area contributed by atoms with Crippen molar-refractivity contribution in [1.29, 1.82) is 0 Å². The molecular weight excluding hydrogens is 732 g/mol. The number of hydrogen-bond acceptors (Lipinski definition) is 6. The molecule has 0 saturated carbocycles. The van der Waals surface area contributed by atoms with Crippen LogP contribution in [0.1, 0.15) is 226 Å². The smallest absolute Gasteiger partial charge is 0.268 e. The van der Waals surface area contributed by atoms with Crippen LogP contribution in [0.25, 0.3) is 0 Å². The van der Waals surface area contributed by atoms with Crippen LogP contribution in [0, 0.1) is 0 Å². The number of hydrogen-bond donors (Lipinski definition) is 2. The first-order valence-electron chi connectivity index (χ1n) is 24.2. The van der Waals surface area contributed by atoms with E-state index in [2.05, 4.69) is 31.3 Å². The van der Waals surface area contributed by atoms with Crippen LogP contribution in [0.2, 0.25) is 0 Å². The second-order valence-electron chi connectivity index (χ2n) is 17.8. The topological polar surface area (TPSA) is 108 Å². The maximum absolute atomic E-state index is 12.9. The van der Waals surface area contributed by atoms with Gasteiger partial charge in [0.2, 0.25) is 5.91 Å². The van der Waals surface area contributed by atoms with Crippen molar-refractivity contribution in [2.24, 2.45) is 0 Å². The zero-order valence-corrected chi connectivity index (χ0v) is 39.2. The Kier molecular flexibility index (Phi) is 39.7. The number of aliphatic hydroxyl groups excluding tert-OH is 1. The van der Waals surface area contributed by atoms with Gasteiger partial charge in [-0.25, -0.2) is 0 Å².